The molecule has 3 rings (SSSR count). The minimum absolute atomic E-state index is 0.617. The Morgan fingerprint density at radius 2 is 2.00 bits per heavy atom. The molecule has 1 aromatic heterocycles. The van der Waals surface area contributed by atoms with E-state index < -0.39 is 0 Å². The van der Waals surface area contributed by atoms with Gasteiger partial charge in [0.05, 0.1) is 6.20 Å². The number of aromatic nitrogens is 3. The second-order valence-electron chi connectivity index (χ2n) is 4.61. The Balaban J connectivity index is 1.72. The lowest BCUT2D eigenvalue weighted by Crippen LogP contribution is -2.31. The van der Waals surface area contributed by atoms with Crippen LogP contribution in [0.2, 0.25) is 0 Å². The Morgan fingerprint density at radius 1 is 1.19 bits per heavy atom. The van der Waals surface area contributed by atoms with Crippen molar-refractivity contribution in [3.63, 3.8) is 0 Å². The molecule has 1 aromatic rings. The second-order valence-corrected chi connectivity index (χ2v) is 4.61. The number of hydrogen-bond acceptors (Lipinski definition) is 5. The molecule has 0 spiro atoms. The van der Waals surface area contributed by atoms with E-state index in [1.165, 1.54) is 32.1 Å². The molecule has 5 heteroatoms. The molecule has 0 atom stereocenters. The Bertz CT molecular complexity index is 357. The molecule has 0 bridgehead atoms. The molecule has 2 aliphatic rings. The van der Waals surface area contributed by atoms with E-state index in [0.29, 0.717) is 6.04 Å². The number of nitrogens with one attached hydrogen (secondary N) is 1. The van der Waals surface area contributed by atoms with Crippen molar-refractivity contribution in [1.82, 2.24) is 15.2 Å². The van der Waals surface area contributed by atoms with Crippen LogP contribution in [0.5, 0.6) is 0 Å². The zero-order chi connectivity index (χ0) is 10.8. The molecular weight excluding hydrogens is 202 g/mol. The van der Waals surface area contributed by atoms with E-state index >= 15 is 0 Å². The zero-order valence-electron chi connectivity index (χ0n) is 9.39. The summed E-state index contributed by atoms with van der Waals surface area (Å²) in [4.78, 5) is 6.75. The van der Waals surface area contributed by atoms with Gasteiger partial charge >= 0.3 is 0 Å². The van der Waals surface area contributed by atoms with Gasteiger partial charge in [-0.15, -0.1) is 5.10 Å². The number of nitrogens with zero attached hydrogens (tertiary/aromatic N) is 4. The van der Waals surface area contributed by atoms with Crippen molar-refractivity contribution < 1.29 is 0 Å². The molecule has 0 amide bonds. The zero-order valence-corrected chi connectivity index (χ0v) is 9.39. The van der Waals surface area contributed by atoms with Crippen LogP contribution in [0.4, 0.5) is 11.8 Å². The quantitative estimate of drug-likeness (QED) is 0.833. The van der Waals surface area contributed by atoms with Gasteiger partial charge in [-0.1, -0.05) is 0 Å². The van der Waals surface area contributed by atoms with E-state index in [-0.39, 0.29) is 0 Å². The van der Waals surface area contributed by atoms with Gasteiger partial charge in [0.2, 0.25) is 5.95 Å². The lowest BCUT2D eigenvalue weighted by Gasteiger charge is -2.26. The van der Waals surface area contributed by atoms with Gasteiger partial charge in [0.1, 0.15) is 0 Å². The standard InChI is InChI=1S/C11H17N5/c1-2-6-16(7-3-1)11-14-10(8-12-15-11)13-9-4-5-9/h8-9H,1-7H2,(H,13,14,15). The molecule has 5 nitrogen and oxygen atoms in total. The lowest BCUT2D eigenvalue weighted by atomic mass is 10.1. The van der Waals surface area contributed by atoms with E-state index in [4.69, 9.17) is 0 Å². The predicted molar refractivity (Wildman–Crippen MR) is 62.5 cm³/mol. The maximum absolute atomic E-state index is 4.52. The highest BCUT2D eigenvalue weighted by Crippen LogP contribution is 2.24. The molecule has 1 aliphatic carbocycles. The van der Waals surface area contributed by atoms with Gasteiger partial charge in [0.25, 0.3) is 0 Å². The van der Waals surface area contributed by atoms with Crippen LogP contribution < -0.4 is 10.2 Å². The maximum Gasteiger partial charge on any atom is 0.247 e. The highest BCUT2D eigenvalue weighted by molar-refractivity contribution is 5.40. The summed E-state index contributed by atoms with van der Waals surface area (Å²) in [5.41, 5.74) is 0. The summed E-state index contributed by atoms with van der Waals surface area (Å²) in [5.74, 6) is 1.66. The fourth-order valence-corrected chi connectivity index (χ4v) is 2.03. The third kappa shape index (κ3) is 2.23. The Morgan fingerprint density at radius 3 is 2.75 bits per heavy atom. The van der Waals surface area contributed by atoms with Crippen LogP contribution >= 0.6 is 0 Å². The van der Waals surface area contributed by atoms with Crippen LogP contribution in [-0.2, 0) is 0 Å². The first-order valence-corrected chi connectivity index (χ1v) is 6.13. The highest BCUT2D eigenvalue weighted by Gasteiger charge is 2.22. The van der Waals surface area contributed by atoms with Crippen LogP contribution in [0.25, 0.3) is 0 Å². The summed E-state index contributed by atoms with van der Waals surface area (Å²) in [6, 6.07) is 0.617. The summed E-state index contributed by atoms with van der Waals surface area (Å²) in [6.07, 6.45) is 8.02. The van der Waals surface area contributed by atoms with E-state index in [1.54, 1.807) is 6.20 Å². The molecule has 1 aliphatic heterocycles. The largest absolute Gasteiger partial charge is 0.366 e. The summed E-state index contributed by atoms with van der Waals surface area (Å²) in [6.45, 7) is 2.13. The minimum Gasteiger partial charge on any atom is -0.366 e. The highest BCUT2D eigenvalue weighted by atomic mass is 15.3. The smallest absolute Gasteiger partial charge is 0.247 e. The molecule has 0 aromatic carbocycles. The molecule has 16 heavy (non-hydrogen) atoms. The van der Waals surface area contributed by atoms with Crippen molar-refractivity contribution in [2.75, 3.05) is 23.3 Å². The van der Waals surface area contributed by atoms with Gasteiger partial charge in [-0.05, 0) is 32.1 Å². The van der Waals surface area contributed by atoms with Crippen molar-refractivity contribution in [3.05, 3.63) is 6.20 Å². The number of piperidine rings is 1. The number of hydrogen-bond donors (Lipinski definition) is 1. The Hall–Kier alpha value is -1.39. The Labute approximate surface area is 95.3 Å². The summed E-state index contributed by atoms with van der Waals surface area (Å²) >= 11 is 0. The summed E-state index contributed by atoms with van der Waals surface area (Å²) < 4.78 is 0. The van der Waals surface area contributed by atoms with Crippen LogP contribution in [0.1, 0.15) is 32.1 Å². The first kappa shape index (κ1) is 9.81. The average molecular weight is 219 g/mol. The van der Waals surface area contributed by atoms with Crippen molar-refractivity contribution in [3.8, 4) is 0 Å². The van der Waals surface area contributed by atoms with E-state index in [1.807, 2.05) is 0 Å². The van der Waals surface area contributed by atoms with Crippen molar-refractivity contribution in [1.29, 1.82) is 0 Å². The minimum atomic E-state index is 0.617. The van der Waals surface area contributed by atoms with Crippen molar-refractivity contribution in [2.45, 2.75) is 38.1 Å². The van der Waals surface area contributed by atoms with Crippen LogP contribution in [0.3, 0.4) is 0 Å². The van der Waals surface area contributed by atoms with E-state index in [2.05, 4.69) is 25.4 Å². The lowest BCUT2D eigenvalue weighted by molar-refractivity contribution is 0.565. The average Bonchev–Trinajstić information content (AvgIpc) is 3.15. The normalized spacial score (nSPS) is 20.9. The van der Waals surface area contributed by atoms with Gasteiger partial charge in [-0.25, -0.2) is 0 Å². The molecule has 1 saturated carbocycles. The van der Waals surface area contributed by atoms with E-state index in [9.17, 15) is 0 Å². The summed E-state index contributed by atoms with van der Waals surface area (Å²) in [7, 11) is 0. The first-order chi connectivity index (χ1) is 7.92. The van der Waals surface area contributed by atoms with Crippen LogP contribution in [0.15, 0.2) is 6.20 Å². The fraction of sp³-hybridized carbons (Fsp3) is 0.727. The monoisotopic (exact) mass is 219 g/mol. The first-order valence-electron chi connectivity index (χ1n) is 6.13. The molecule has 2 heterocycles. The van der Waals surface area contributed by atoms with Gasteiger partial charge in [-0.2, -0.15) is 10.1 Å². The number of anilines is 2. The fourth-order valence-electron chi connectivity index (χ4n) is 2.03. The molecule has 1 saturated heterocycles. The van der Waals surface area contributed by atoms with Gasteiger partial charge in [-0.3, -0.25) is 0 Å². The van der Waals surface area contributed by atoms with Crippen LogP contribution in [0, 0.1) is 0 Å². The molecule has 86 valence electrons. The molecule has 1 N–H and O–H groups in total. The van der Waals surface area contributed by atoms with Gasteiger partial charge in [0.15, 0.2) is 5.82 Å². The van der Waals surface area contributed by atoms with Crippen molar-refractivity contribution in [2.24, 2.45) is 0 Å². The Kier molecular flexibility index (Phi) is 2.60. The summed E-state index contributed by atoms with van der Waals surface area (Å²) in [5, 5.41) is 11.5. The van der Waals surface area contributed by atoms with Gasteiger partial charge in [0, 0.05) is 19.1 Å². The van der Waals surface area contributed by atoms with Crippen molar-refractivity contribution >= 4 is 11.8 Å². The SMILES string of the molecule is c1nnc(N2CCCCC2)nc1NC1CC1. The predicted octanol–water partition coefficient (Wildman–Crippen LogP) is 1.44. The third-order valence-corrected chi connectivity index (χ3v) is 3.12. The second kappa shape index (κ2) is 4.23. The number of rotatable bonds is 3. The molecule has 2 fully saturated rings. The molecular formula is C11H17N5. The maximum atomic E-state index is 4.52. The van der Waals surface area contributed by atoms with E-state index in [0.717, 1.165) is 24.9 Å². The van der Waals surface area contributed by atoms with Gasteiger partial charge < -0.3 is 10.2 Å². The molecule has 0 unspecified atom stereocenters. The third-order valence-electron chi connectivity index (χ3n) is 3.12. The molecule has 0 radical (unpaired) electrons. The topological polar surface area (TPSA) is 53.9 Å². The van der Waals surface area contributed by atoms with Crippen LogP contribution in [-0.4, -0.2) is 34.3 Å².